The zero-order valence-electron chi connectivity index (χ0n) is 20.6. The van der Waals surface area contributed by atoms with Gasteiger partial charge in [0, 0.05) is 43.2 Å². The van der Waals surface area contributed by atoms with Crippen LogP contribution < -0.4 is 20.7 Å². The van der Waals surface area contributed by atoms with E-state index < -0.39 is 12.0 Å². The van der Waals surface area contributed by atoms with E-state index in [1.165, 1.54) is 0 Å². The van der Waals surface area contributed by atoms with E-state index in [2.05, 4.69) is 20.4 Å². The van der Waals surface area contributed by atoms with Gasteiger partial charge in [-0.15, -0.1) is 0 Å². The van der Waals surface area contributed by atoms with E-state index in [0.717, 1.165) is 40.4 Å². The molecular weight excluding hydrogens is 492 g/mol. The van der Waals surface area contributed by atoms with Crippen LogP contribution in [-0.2, 0) is 13.1 Å². The van der Waals surface area contributed by atoms with E-state index in [1.54, 1.807) is 34.2 Å². The maximum Gasteiger partial charge on any atom is 0.412 e. The molecule has 0 radical (unpaired) electrons. The molecule has 4 aromatic rings. The van der Waals surface area contributed by atoms with Crippen molar-refractivity contribution in [2.45, 2.75) is 44.2 Å². The van der Waals surface area contributed by atoms with Crippen LogP contribution in [0.3, 0.4) is 0 Å². The van der Waals surface area contributed by atoms with Gasteiger partial charge in [-0.2, -0.15) is 5.10 Å². The number of aromatic nitrogens is 4. The summed E-state index contributed by atoms with van der Waals surface area (Å²) in [6, 6.07) is 11.2. The highest BCUT2D eigenvalue weighted by atomic mass is 19.3. The second kappa shape index (κ2) is 9.55. The molecule has 4 heterocycles. The van der Waals surface area contributed by atoms with Crippen LogP contribution >= 0.6 is 0 Å². The van der Waals surface area contributed by atoms with Crippen LogP contribution in [0.4, 0.5) is 25.2 Å². The molecule has 1 aliphatic heterocycles. The Kier molecular flexibility index (Phi) is 6.05. The lowest BCUT2D eigenvalue weighted by atomic mass is 10.1. The van der Waals surface area contributed by atoms with Crippen LogP contribution in [-0.4, -0.2) is 44.9 Å². The van der Waals surface area contributed by atoms with Gasteiger partial charge in [0.05, 0.1) is 19.3 Å². The Morgan fingerprint density at radius 3 is 2.74 bits per heavy atom. The Hall–Kier alpha value is -4.28. The van der Waals surface area contributed by atoms with Crippen molar-refractivity contribution in [2.24, 2.45) is 0 Å². The molecule has 38 heavy (non-hydrogen) atoms. The van der Waals surface area contributed by atoms with Gasteiger partial charge in [0.25, 0.3) is 5.92 Å². The topological polar surface area (TPSA) is 111 Å². The summed E-state index contributed by atoms with van der Waals surface area (Å²) in [5, 5.41) is 9.27. The minimum atomic E-state index is -2.67. The number of carbonyl (C=O) groups is 1. The SMILES string of the molecule is Nc1nccc2cc(CNC(=O)Oc3cn(Cc4ccc(N5CCC(F)(F)C5)nc4)nc3C3CC3)ccc12. The van der Waals surface area contributed by atoms with Crippen molar-refractivity contribution in [2.75, 3.05) is 23.7 Å². The quantitative estimate of drug-likeness (QED) is 0.371. The number of pyridine rings is 2. The summed E-state index contributed by atoms with van der Waals surface area (Å²) in [6.07, 6.45) is 6.33. The fourth-order valence-corrected chi connectivity index (χ4v) is 4.70. The molecule has 2 aliphatic rings. The number of carbonyl (C=O) groups excluding carboxylic acids is 1. The highest BCUT2D eigenvalue weighted by molar-refractivity contribution is 5.91. The molecule has 1 saturated heterocycles. The second-order valence-electron chi connectivity index (χ2n) is 9.90. The van der Waals surface area contributed by atoms with E-state index in [9.17, 15) is 13.6 Å². The van der Waals surface area contributed by atoms with Gasteiger partial charge in [0.15, 0.2) is 5.75 Å². The monoisotopic (exact) mass is 519 g/mol. The Labute approximate surface area is 217 Å². The highest BCUT2D eigenvalue weighted by Gasteiger charge is 2.38. The van der Waals surface area contributed by atoms with Crippen molar-refractivity contribution in [3.05, 3.63) is 71.8 Å². The fourth-order valence-electron chi connectivity index (χ4n) is 4.70. The molecule has 1 aliphatic carbocycles. The van der Waals surface area contributed by atoms with E-state index in [4.69, 9.17) is 10.5 Å². The largest absolute Gasteiger partial charge is 0.412 e. The van der Waals surface area contributed by atoms with Crippen molar-refractivity contribution in [1.29, 1.82) is 0 Å². The molecule has 3 aromatic heterocycles. The van der Waals surface area contributed by atoms with Gasteiger partial charge in [0.2, 0.25) is 0 Å². The van der Waals surface area contributed by atoms with Gasteiger partial charge < -0.3 is 20.7 Å². The second-order valence-corrected chi connectivity index (χ2v) is 9.90. The van der Waals surface area contributed by atoms with E-state index in [-0.39, 0.29) is 18.9 Å². The molecule has 0 atom stereocenters. The molecule has 9 nitrogen and oxygen atoms in total. The molecule has 1 aromatic carbocycles. The maximum atomic E-state index is 13.5. The van der Waals surface area contributed by atoms with Gasteiger partial charge in [-0.25, -0.2) is 23.5 Å². The molecule has 2 fully saturated rings. The number of anilines is 2. The standard InChI is InChI=1S/C27H27F2N7O2/c28-27(29)8-10-35(16-27)23-6-2-18(13-32-23)14-36-15-22(24(34-36)19-3-4-19)38-26(37)33-12-17-1-5-21-20(11-17)7-9-31-25(21)30/h1-2,5-7,9,11,13,15,19H,3-4,8,10,12,14,16H2,(H2,30,31)(H,33,37). The van der Waals surface area contributed by atoms with Crippen LogP contribution in [0.2, 0.25) is 0 Å². The first-order valence-electron chi connectivity index (χ1n) is 12.6. The number of nitrogens with one attached hydrogen (secondary N) is 1. The summed E-state index contributed by atoms with van der Waals surface area (Å²) in [5.41, 5.74) is 8.45. The molecular formula is C27H27F2N7O2. The number of halogens is 2. The molecule has 3 N–H and O–H groups in total. The first kappa shape index (κ1) is 24.1. The fraction of sp³-hybridized carbons (Fsp3) is 0.333. The molecule has 0 bridgehead atoms. The van der Waals surface area contributed by atoms with Gasteiger partial charge >= 0.3 is 6.09 Å². The van der Waals surface area contributed by atoms with Crippen molar-refractivity contribution in [3.8, 4) is 5.75 Å². The predicted octanol–water partition coefficient (Wildman–Crippen LogP) is 4.47. The highest BCUT2D eigenvalue weighted by Crippen LogP contribution is 2.43. The van der Waals surface area contributed by atoms with E-state index in [0.29, 0.717) is 37.0 Å². The van der Waals surface area contributed by atoms with Crippen LogP contribution in [0, 0.1) is 0 Å². The minimum Gasteiger partial charge on any atom is -0.407 e. The Bertz CT molecular complexity index is 1480. The number of amides is 1. The lowest BCUT2D eigenvalue weighted by Gasteiger charge is -2.17. The van der Waals surface area contributed by atoms with Crippen LogP contribution in [0.1, 0.15) is 42.0 Å². The Morgan fingerprint density at radius 2 is 2.00 bits per heavy atom. The molecule has 0 spiro atoms. The van der Waals surface area contributed by atoms with Crippen molar-refractivity contribution in [1.82, 2.24) is 25.1 Å². The summed E-state index contributed by atoms with van der Waals surface area (Å²) in [6.45, 7) is 0.700. The number of nitrogens with two attached hydrogens (primary N) is 1. The smallest absolute Gasteiger partial charge is 0.407 e. The Balaban J connectivity index is 1.09. The number of nitrogens with zero attached hydrogens (tertiary/aromatic N) is 5. The Morgan fingerprint density at radius 1 is 1.16 bits per heavy atom. The van der Waals surface area contributed by atoms with Gasteiger partial charge in [-0.05, 0) is 47.6 Å². The number of hydrogen-bond acceptors (Lipinski definition) is 7. The normalized spacial score (nSPS) is 16.6. The summed E-state index contributed by atoms with van der Waals surface area (Å²) < 4.78 is 34.4. The summed E-state index contributed by atoms with van der Waals surface area (Å²) in [7, 11) is 0. The lowest BCUT2D eigenvalue weighted by Crippen LogP contribution is -2.26. The molecule has 6 rings (SSSR count). The number of hydrogen-bond donors (Lipinski definition) is 2. The average molecular weight is 520 g/mol. The van der Waals surface area contributed by atoms with Crippen molar-refractivity contribution in [3.63, 3.8) is 0 Å². The number of benzene rings is 1. The zero-order valence-corrected chi connectivity index (χ0v) is 20.6. The van der Waals surface area contributed by atoms with Gasteiger partial charge in [0.1, 0.15) is 17.3 Å². The third-order valence-corrected chi connectivity index (χ3v) is 6.87. The van der Waals surface area contributed by atoms with Crippen molar-refractivity contribution < 1.29 is 18.3 Å². The molecule has 1 saturated carbocycles. The first-order valence-corrected chi connectivity index (χ1v) is 12.6. The first-order chi connectivity index (χ1) is 18.3. The summed E-state index contributed by atoms with van der Waals surface area (Å²) >= 11 is 0. The van der Waals surface area contributed by atoms with Gasteiger partial charge in [-0.3, -0.25) is 4.68 Å². The summed E-state index contributed by atoms with van der Waals surface area (Å²) in [5.74, 6) is -0.951. The van der Waals surface area contributed by atoms with Crippen molar-refractivity contribution >= 4 is 28.5 Å². The third kappa shape index (κ3) is 5.22. The molecule has 196 valence electrons. The van der Waals surface area contributed by atoms with E-state index in [1.807, 2.05) is 30.3 Å². The molecule has 0 unspecified atom stereocenters. The zero-order chi connectivity index (χ0) is 26.3. The summed E-state index contributed by atoms with van der Waals surface area (Å²) in [4.78, 5) is 22.7. The van der Waals surface area contributed by atoms with E-state index >= 15 is 0 Å². The molecule has 11 heteroatoms. The predicted molar refractivity (Wildman–Crippen MR) is 138 cm³/mol. The number of nitrogen functional groups attached to an aromatic ring is 1. The molecule has 1 amide bonds. The average Bonchev–Trinajstić information content (AvgIpc) is 3.57. The number of fused-ring (bicyclic) bond motifs is 1. The van der Waals surface area contributed by atoms with Crippen LogP contribution in [0.25, 0.3) is 10.8 Å². The number of alkyl halides is 2. The minimum absolute atomic E-state index is 0.154. The number of ether oxygens (including phenoxy) is 1. The van der Waals surface area contributed by atoms with Crippen LogP contribution in [0.5, 0.6) is 5.75 Å². The number of rotatable bonds is 7. The lowest BCUT2D eigenvalue weighted by molar-refractivity contribution is 0.0256. The maximum absolute atomic E-state index is 13.5. The van der Waals surface area contributed by atoms with Crippen LogP contribution in [0.15, 0.2) is 55.0 Å². The third-order valence-electron chi connectivity index (χ3n) is 6.87. The van der Waals surface area contributed by atoms with Gasteiger partial charge in [-0.1, -0.05) is 18.2 Å².